The third-order valence-corrected chi connectivity index (χ3v) is 4.50. The van der Waals surface area contributed by atoms with E-state index < -0.39 is 23.7 Å². The minimum absolute atomic E-state index is 0.00426. The zero-order chi connectivity index (χ0) is 24.3. The Morgan fingerprint density at radius 3 is 2.15 bits per heavy atom. The van der Waals surface area contributed by atoms with Gasteiger partial charge in [0.1, 0.15) is 17.2 Å². The van der Waals surface area contributed by atoms with Gasteiger partial charge >= 0.3 is 12.4 Å². The number of nitrogens with zero attached hydrogens (tertiary/aromatic N) is 6. The molecule has 3 aromatic rings. The van der Waals surface area contributed by atoms with E-state index in [9.17, 15) is 26.3 Å². The molecular formula is C19H16F6N8O. The molecule has 0 unspecified atom stereocenters. The standard InChI is InChI=1S/C19H16F6N8O/c20-18(21,22)12-2-1-3-14(28-12)29-16-30-15(31-17(32-16)33-6-8-34-9-7-33)27-11-4-5-26-13(10-11)19(23,24)25/h1-5,10H,6-9H2,(H2,26,27,28,29,30,31,32). The molecule has 4 rings (SSSR count). The molecule has 1 aliphatic heterocycles. The number of hydrogen-bond donors (Lipinski definition) is 2. The Morgan fingerprint density at radius 1 is 0.794 bits per heavy atom. The van der Waals surface area contributed by atoms with Gasteiger partial charge < -0.3 is 20.3 Å². The number of aromatic nitrogens is 5. The summed E-state index contributed by atoms with van der Waals surface area (Å²) in [4.78, 5) is 21.1. The summed E-state index contributed by atoms with van der Waals surface area (Å²) in [6.45, 7) is 1.65. The average molecular weight is 486 g/mol. The quantitative estimate of drug-likeness (QED) is 0.518. The van der Waals surface area contributed by atoms with Crippen LogP contribution in [0.25, 0.3) is 0 Å². The molecule has 1 aliphatic rings. The van der Waals surface area contributed by atoms with Crippen molar-refractivity contribution in [1.82, 2.24) is 24.9 Å². The fraction of sp³-hybridized carbons (Fsp3) is 0.316. The molecule has 0 atom stereocenters. The van der Waals surface area contributed by atoms with Crippen molar-refractivity contribution < 1.29 is 31.1 Å². The number of alkyl halides is 6. The lowest BCUT2D eigenvalue weighted by atomic mass is 10.3. The molecule has 0 aliphatic carbocycles. The summed E-state index contributed by atoms with van der Waals surface area (Å²) in [5.74, 6) is -0.315. The molecule has 3 aromatic heterocycles. The van der Waals surface area contributed by atoms with E-state index in [2.05, 4.69) is 35.6 Å². The second-order valence-electron chi connectivity index (χ2n) is 6.97. The molecule has 180 valence electrons. The van der Waals surface area contributed by atoms with E-state index in [1.165, 1.54) is 12.1 Å². The molecule has 0 spiro atoms. The van der Waals surface area contributed by atoms with Gasteiger partial charge in [-0.15, -0.1) is 0 Å². The number of halogens is 6. The summed E-state index contributed by atoms with van der Waals surface area (Å²) in [6, 6.07) is 5.33. The Hall–Kier alpha value is -3.75. The first-order valence-corrected chi connectivity index (χ1v) is 9.78. The first-order valence-electron chi connectivity index (χ1n) is 9.78. The van der Waals surface area contributed by atoms with Crippen LogP contribution < -0.4 is 15.5 Å². The second kappa shape index (κ2) is 9.24. The van der Waals surface area contributed by atoms with E-state index in [0.717, 1.165) is 24.4 Å². The van der Waals surface area contributed by atoms with Gasteiger partial charge in [0.05, 0.1) is 13.2 Å². The van der Waals surface area contributed by atoms with E-state index >= 15 is 0 Å². The Morgan fingerprint density at radius 2 is 1.47 bits per heavy atom. The van der Waals surface area contributed by atoms with Crippen molar-refractivity contribution in [2.45, 2.75) is 12.4 Å². The molecule has 2 N–H and O–H groups in total. The minimum atomic E-state index is -4.66. The van der Waals surface area contributed by atoms with Crippen LogP contribution in [0.15, 0.2) is 36.5 Å². The van der Waals surface area contributed by atoms with Crippen molar-refractivity contribution in [2.24, 2.45) is 0 Å². The number of nitrogens with one attached hydrogen (secondary N) is 2. The van der Waals surface area contributed by atoms with Gasteiger partial charge in [-0.05, 0) is 24.3 Å². The molecule has 1 saturated heterocycles. The van der Waals surface area contributed by atoms with Crippen LogP contribution in [0.5, 0.6) is 0 Å². The monoisotopic (exact) mass is 486 g/mol. The van der Waals surface area contributed by atoms with Crippen molar-refractivity contribution in [3.63, 3.8) is 0 Å². The van der Waals surface area contributed by atoms with Crippen LogP contribution >= 0.6 is 0 Å². The summed E-state index contributed by atoms with van der Waals surface area (Å²) in [5, 5.41) is 5.25. The van der Waals surface area contributed by atoms with Gasteiger partial charge in [0.15, 0.2) is 0 Å². The number of hydrogen-bond acceptors (Lipinski definition) is 9. The van der Waals surface area contributed by atoms with Gasteiger partial charge in [-0.25, -0.2) is 4.98 Å². The summed E-state index contributed by atoms with van der Waals surface area (Å²) >= 11 is 0. The highest BCUT2D eigenvalue weighted by Gasteiger charge is 2.33. The van der Waals surface area contributed by atoms with E-state index in [-0.39, 0.29) is 29.4 Å². The lowest BCUT2D eigenvalue weighted by Crippen LogP contribution is -2.37. The van der Waals surface area contributed by atoms with Crippen molar-refractivity contribution in [3.05, 3.63) is 47.9 Å². The summed E-state index contributed by atoms with van der Waals surface area (Å²) in [6.07, 6.45) is -8.33. The van der Waals surface area contributed by atoms with E-state index in [1.54, 1.807) is 4.90 Å². The molecule has 34 heavy (non-hydrogen) atoms. The molecule has 0 radical (unpaired) electrons. The Balaban J connectivity index is 1.66. The fourth-order valence-corrected chi connectivity index (χ4v) is 2.95. The number of morpholine rings is 1. The maximum absolute atomic E-state index is 13.0. The number of rotatable bonds is 5. The lowest BCUT2D eigenvalue weighted by molar-refractivity contribution is -0.141. The highest BCUT2D eigenvalue weighted by Crippen LogP contribution is 2.30. The maximum Gasteiger partial charge on any atom is 0.433 e. The molecule has 0 saturated carbocycles. The van der Waals surface area contributed by atoms with Crippen molar-refractivity contribution in [2.75, 3.05) is 41.8 Å². The van der Waals surface area contributed by atoms with E-state index in [0.29, 0.717) is 26.3 Å². The third-order valence-electron chi connectivity index (χ3n) is 4.50. The molecule has 0 aromatic carbocycles. The first-order chi connectivity index (χ1) is 16.1. The van der Waals surface area contributed by atoms with Crippen LogP contribution in [-0.4, -0.2) is 51.2 Å². The number of pyridine rings is 2. The van der Waals surface area contributed by atoms with Crippen LogP contribution in [0, 0.1) is 0 Å². The lowest BCUT2D eigenvalue weighted by Gasteiger charge is -2.27. The molecule has 0 bridgehead atoms. The van der Waals surface area contributed by atoms with Gasteiger partial charge in [-0.1, -0.05) is 6.07 Å². The Labute approximate surface area is 188 Å². The molecule has 4 heterocycles. The minimum Gasteiger partial charge on any atom is -0.378 e. The van der Waals surface area contributed by atoms with Gasteiger partial charge in [0.2, 0.25) is 17.8 Å². The van der Waals surface area contributed by atoms with E-state index in [4.69, 9.17) is 4.74 Å². The third kappa shape index (κ3) is 5.78. The Kier molecular flexibility index (Phi) is 6.37. The zero-order valence-electron chi connectivity index (χ0n) is 17.2. The van der Waals surface area contributed by atoms with Crippen LogP contribution in [0.2, 0.25) is 0 Å². The largest absolute Gasteiger partial charge is 0.433 e. The van der Waals surface area contributed by atoms with Crippen molar-refractivity contribution in [1.29, 1.82) is 0 Å². The molecular weight excluding hydrogens is 470 g/mol. The topological polar surface area (TPSA) is 101 Å². The van der Waals surface area contributed by atoms with Crippen LogP contribution in [0.1, 0.15) is 11.4 Å². The van der Waals surface area contributed by atoms with Gasteiger partial charge in [-0.2, -0.15) is 41.3 Å². The van der Waals surface area contributed by atoms with Crippen LogP contribution in [-0.2, 0) is 17.1 Å². The average Bonchev–Trinajstić information content (AvgIpc) is 2.79. The summed E-state index contributed by atoms with van der Waals surface area (Å²) in [7, 11) is 0. The predicted molar refractivity (Wildman–Crippen MR) is 108 cm³/mol. The highest BCUT2D eigenvalue weighted by atomic mass is 19.4. The molecule has 0 amide bonds. The molecule has 9 nitrogen and oxygen atoms in total. The van der Waals surface area contributed by atoms with Crippen LogP contribution in [0.3, 0.4) is 0 Å². The van der Waals surface area contributed by atoms with E-state index in [1.807, 2.05) is 0 Å². The van der Waals surface area contributed by atoms with Gasteiger partial charge in [0, 0.05) is 25.0 Å². The van der Waals surface area contributed by atoms with Crippen molar-refractivity contribution in [3.8, 4) is 0 Å². The summed E-state index contributed by atoms with van der Waals surface area (Å²) in [5.41, 5.74) is -2.23. The first kappa shape index (κ1) is 23.4. The van der Waals surface area contributed by atoms with Crippen LogP contribution in [0.4, 0.5) is 55.7 Å². The SMILES string of the molecule is FC(F)(F)c1cc(Nc2nc(Nc3cccc(C(F)(F)F)n3)nc(N3CCOCC3)n2)ccn1. The number of ether oxygens (including phenoxy) is 1. The molecule has 1 fully saturated rings. The normalized spacial score (nSPS) is 14.7. The number of anilines is 5. The summed E-state index contributed by atoms with van der Waals surface area (Å²) < 4.78 is 83.2. The smallest absolute Gasteiger partial charge is 0.378 e. The fourth-order valence-electron chi connectivity index (χ4n) is 2.95. The zero-order valence-corrected chi connectivity index (χ0v) is 17.2. The highest BCUT2D eigenvalue weighted by molar-refractivity contribution is 5.58. The van der Waals surface area contributed by atoms with Gasteiger partial charge in [-0.3, -0.25) is 4.98 Å². The van der Waals surface area contributed by atoms with Crippen molar-refractivity contribution >= 4 is 29.4 Å². The predicted octanol–water partition coefficient (Wildman–Crippen LogP) is 4.02. The maximum atomic E-state index is 13.0. The van der Waals surface area contributed by atoms with Gasteiger partial charge in [0.25, 0.3) is 0 Å². The second-order valence-corrected chi connectivity index (χ2v) is 6.97. The Bertz CT molecular complexity index is 1070. The molecule has 15 heteroatoms.